The Morgan fingerprint density at radius 1 is 1.44 bits per heavy atom. The highest BCUT2D eigenvalue weighted by Crippen LogP contribution is 1.98. The Morgan fingerprint density at radius 2 is 1.78 bits per heavy atom. The molecular weight excluding hydrogens is 148 g/mol. The van der Waals surface area contributed by atoms with Gasteiger partial charge in [-0.15, -0.1) is 0 Å². The van der Waals surface area contributed by atoms with Crippen molar-refractivity contribution in [3.8, 4) is 0 Å². The Hall–Kier alpha value is -0.880. The van der Waals surface area contributed by atoms with Crippen LogP contribution in [-0.4, -0.2) is 24.0 Å². The SMILES string of the molecule is C=C(C(=O)O)S(=O)(=O)O. The smallest absolute Gasteiger partial charge is 0.349 e. The molecule has 0 rings (SSSR count). The van der Waals surface area contributed by atoms with Crippen molar-refractivity contribution < 1.29 is 22.9 Å². The Bertz CT molecular complexity index is 235. The van der Waals surface area contributed by atoms with Gasteiger partial charge in [0, 0.05) is 0 Å². The molecule has 0 saturated carbocycles. The van der Waals surface area contributed by atoms with Crippen LogP contribution in [0.2, 0.25) is 0 Å². The van der Waals surface area contributed by atoms with Gasteiger partial charge in [0.1, 0.15) is 0 Å². The largest absolute Gasteiger partial charge is 0.477 e. The van der Waals surface area contributed by atoms with Crippen molar-refractivity contribution in [1.82, 2.24) is 0 Å². The molecular formula is C3H4O5S. The van der Waals surface area contributed by atoms with E-state index in [1.807, 2.05) is 0 Å². The predicted octanol–water partition coefficient (Wildman–Crippen LogP) is -0.527. The van der Waals surface area contributed by atoms with E-state index >= 15 is 0 Å². The fraction of sp³-hybridized carbons (Fsp3) is 0. The average molecular weight is 152 g/mol. The minimum absolute atomic E-state index is 1.22. The topological polar surface area (TPSA) is 91.7 Å². The summed E-state index contributed by atoms with van der Waals surface area (Å²) in [5, 5.41) is 7.88. The monoisotopic (exact) mass is 152 g/mol. The Morgan fingerprint density at radius 3 is 1.78 bits per heavy atom. The minimum Gasteiger partial charge on any atom is -0.477 e. The quantitative estimate of drug-likeness (QED) is 0.410. The molecule has 0 bridgehead atoms. The van der Waals surface area contributed by atoms with Gasteiger partial charge >= 0.3 is 16.1 Å². The molecule has 2 N–H and O–H groups in total. The Labute approximate surface area is 51.4 Å². The van der Waals surface area contributed by atoms with Crippen LogP contribution in [0, 0.1) is 0 Å². The number of hydrogen-bond acceptors (Lipinski definition) is 3. The molecule has 0 atom stereocenters. The Kier molecular flexibility index (Phi) is 1.95. The summed E-state index contributed by atoms with van der Waals surface area (Å²) in [6.07, 6.45) is 0. The molecule has 0 aromatic heterocycles. The van der Waals surface area contributed by atoms with Crippen LogP contribution in [0.15, 0.2) is 11.5 Å². The molecule has 0 aliphatic rings. The van der Waals surface area contributed by atoms with Gasteiger partial charge < -0.3 is 5.11 Å². The van der Waals surface area contributed by atoms with Gasteiger partial charge in [-0.2, -0.15) is 8.42 Å². The molecule has 5 nitrogen and oxygen atoms in total. The van der Waals surface area contributed by atoms with Crippen LogP contribution >= 0.6 is 0 Å². The summed E-state index contributed by atoms with van der Waals surface area (Å²) in [5.74, 6) is -1.75. The summed E-state index contributed by atoms with van der Waals surface area (Å²) in [6, 6.07) is 0. The van der Waals surface area contributed by atoms with Crippen LogP contribution in [0.4, 0.5) is 0 Å². The summed E-state index contributed by atoms with van der Waals surface area (Å²) in [6.45, 7) is 2.59. The first-order chi connectivity index (χ1) is 3.85. The molecule has 9 heavy (non-hydrogen) atoms. The van der Waals surface area contributed by atoms with Crippen molar-refractivity contribution in [3.63, 3.8) is 0 Å². The van der Waals surface area contributed by atoms with Crippen molar-refractivity contribution in [2.75, 3.05) is 0 Å². The van der Waals surface area contributed by atoms with E-state index in [1.54, 1.807) is 0 Å². The number of carboxylic acids is 1. The maximum Gasteiger partial charge on any atom is 0.349 e. The predicted molar refractivity (Wildman–Crippen MR) is 28.3 cm³/mol. The fourth-order valence-electron chi connectivity index (χ4n) is 0.110. The van der Waals surface area contributed by atoms with E-state index in [-0.39, 0.29) is 0 Å². The molecule has 0 heterocycles. The number of carboxylic acid groups (broad SMARTS) is 1. The molecule has 0 fully saturated rings. The zero-order chi connectivity index (χ0) is 7.65. The first-order valence-corrected chi connectivity index (χ1v) is 3.19. The molecule has 0 aliphatic carbocycles. The third-order valence-electron chi connectivity index (χ3n) is 0.550. The third kappa shape index (κ3) is 2.24. The summed E-state index contributed by atoms with van der Waals surface area (Å²) in [5.41, 5.74) is 0. The van der Waals surface area contributed by atoms with Crippen LogP contribution in [0.3, 0.4) is 0 Å². The van der Waals surface area contributed by atoms with E-state index in [0.717, 1.165) is 0 Å². The standard InChI is InChI=1S/C3H4O5S/c1-2(3(4)5)9(6,7)8/h1H2,(H,4,5)(H,6,7,8). The zero-order valence-corrected chi connectivity index (χ0v) is 5.05. The molecule has 52 valence electrons. The third-order valence-corrected chi connectivity index (χ3v) is 1.35. The highest BCUT2D eigenvalue weighted by atomic mass is 32.2. The fourth-order valence-corrected chi connectivity index (χ4v) is 0.331. The highest BCUT2D eigenvalue weighted by Gasteiger charge is 2.17. The van der Waals surface area contributed by atoms with Crippen molar-refractivity contribution in [2.45, 2.75) is 0 Å². The number of rotatable bonds is 2. The van der Waals surface area contributed by atoms with Crippen molar-refractivity contribution in [3.05, 3.63) is 11.5 Å². The molecule has 0 spiro atoms. The normalized spacial score (nSPS) is 10.8. The van der Waals surface area contributed by atoms with Crippen LogP contribution in [0.25, 0.3) is 0 Å². The van der Waals surface area contributed by atoms with Gasteiger partial charge in [-0.1, -0.05) is 6.58 Å². The van der Waals surface area contributed by atoms with Gasteiger partial charge in [-0.05, 0) is 0 Å². The molecule has 0 aromatic rings. The maximum atomic E-state index is 9.85. The summed E-state index contributed by atoms with van der Waals surface area (Å²) < 4.78 is 27.6. The molecule has 0 aromatic carbocycles. The van der Waals surface area contributed by atoms with Gasteiger partial charge in [0.25, 0.3) is 0 Å². The molecule has 6 heteroatoms. The van der Waals surface area contributed by atoms with Gasteiger partial charge in [0.2, 0.25) is 0 Å². The molecule has 0 unspecified atom stereocenters. The van der Waals surface area contributed by atoms with E-state index in [1.165, 1.54) is 0 Å². The second-order valence-electron chi connectivity index (χ2n) is 1.20. The van der Waals surface area contributed by atoms with E-state index in [2.05, 4.69) is 6.58 Å². The lowest BCUT2D eigenvalue weighted by Gasteiger charge is -1.90. The lowest BCUT2D eigenvalue weighted by Crippen LogP contribution is -2.09. The van der Waals surface area contributed by atoms with E-state index in [9.17, 15) is 13.2 Å². The maximum absolute atomic E-state index is 9.85. The van der Waals surface area contributed by atoms with Gasteiger partial charge in [-0.25, -0.2) is 4.79 Å². The molecule has 0 amide bonds. The summed E-state index contributed by atoms with van der Waals surface area (Å²) >= 11 is 0. The van der Waals surface area contributed by atoms with Gasteiger partial charge in [0.15, 0.2) is 4.91 Å². The lowest BCUT2D eigenvalue weighted by atomic mass is 10.7. The van der Waals surface area contributed by atoms with Crippen molar-refractivity contribution >= 4 is 16.1 Å². The first-order valence-electron chi connectivity index (χ1n) is 1.75. The first kappa shape index (κ1) is 8.12. The van der Waals surface area contributed by atoms with E-state index in [0.29, 0.717) is 0 Å². The highest BCUT2D eigenvalue weighted by molar-refractivity contribution is 7.90. The second-order valence-corrected chi connectivity index (χ2v) is 2.65. The average Bonchev–Trinajstić information content (AvgIpc) is 1.62. The van der Waals surface area contributed by atoms with Gasteiger partial charge in [0.05, 0.1) is 0 Å². The number of aliphatic carboxylic acids is 1. The van der Waals surface area contributed by atoms with Crippen molar-refractivity contribution in [2.24, 2.45) is 0 Å². The molecule has 0 aliphatic heterocycles. The van der Waals surface area contributed by atoms with Gasteiger partial charge in [-0.3, -0.25) is 4.55 Å². The van der Waals surface area contributed by atoms with Crippen LogP contribution < -0.4 is 0 Å². The number of carbonyl (C=O) groups is 1. The van der Waals surface area contributed by atoms with Crippen molar-refractivity contribution in [1.29, 1.82) is 0 Å². The van der Waals surface area contributed by atoms with Crippen LogP contribution in [0.1, 0.15) is 0 Å². The van der Waals surface area contributed by atoms with E-state index < -0.39 is 21.0 Å². The van der Waals surface area contributed by atoms with E-state index in [4.69, 9.17) is 9.66 Å². The Balaban J connectivity index is 4.66. The molecule has 0 radical (unpaired) electrons. The zero-order valence-electron chi connectivity index (χ0n) is 4.23. The summed E-state index contributed by atoms with van der Waals surface area (Å²) in [7, 11) is -4.60. The molecule has 0 saturated heterocycles. The minimum atomic E-state index is -4.60. The lowest BCUT2D eigenvalue weighted by molar-refractivity contribution is -0.131. The van der Waals surface area contributed by atoms with Crippen LogP contribution in [0.5, 0.6) is 0 Å². The number of hydrogen-bond donors (Lipinski definition) is 2. The second kappa shape index (κ2) is 2.16. The summed E-state index contributed by atoms with van der Waals surface area (Å²) in [4.78, 5) is 8.49. The van der Waals surface area contributed by atoms with Crippen LogP contribution in [-0.2, 0) is 14.9 Å².